The van der Waals surface area contributed by atoms with Crippen LogP contribution in [0.2, 0.25) is 0 Å². The third-order valence-electron chi connectivity index (χ3n) is 5.83. The zero-order valence-electron chi connectivity index (χ0n) is 19.8. The van der Waals surface area contributed by atoms with Gasteiger partial charge in [-0.05, 0) is 86.8 Å². The lowest BCUT2D eigenvalue weighted by molar-refractivity contribution is -0.137. The van der Waals surface area contributed by atoms with E-state index in [2.05, 4.69) is 50.0 Å². The van der Waals surface area contributed by atoms with Crippen molar-refractivity contribution >= 4 is 5.97 Å². The molecule has 0 saturated carbocycles. The molecule has 0 aliphatic carbocycles. The Morgan fingerprint density at radius 1 is 0.969 bits per heavy atom. The molecule has 0 atom stereocenters. The molecule has 0 spiro atoms. The maximum absolute atomic E-state index is 10.5. The molecule has 2 rings (SSSR count). The lowest BCUT2D eigenvalue weighted by Crippen LogP contribution is -2.23. The average Bonchev–Trinajstić information content (AvgIpc) is 2.76. The molecule has 0 saturated heterocycles. The van der Waals surface area contributed by atoms with Gasteiger partial charge in [0.1, 0.15) is 11.4 Å². The number of unbranched alkanes of at least 4 members (excludes halogenated alkanes) is 2. The molecule has 172 valence electrons. The molecule has 4 heteroatoms. The molecule has 0 bridgehead atoms. The Hall–Kier alpha value is -2.77. The number of carbonyl (C=O) groups is 1. The van der Waals surface area contributed by atoms with Crippen molar-refractivity contribution in [1.29, 1.82) is 0 Å². The molecular formula is C28H36O4. The van der Waals surface area contributed by atoms with Crippen molar-refractivity contribution in [2.45, 2.75) is 78.2 Å². The summed E-state index contributed by atoms with van der Waals surface area (Å²) >= 11 is 0. The number of aliphatic carboxylic acids is 1. The van der Waals surface area contributed by atoms with Crippen LogP contribution in [-0.2, 0) is 11.2 Å². The van der Waals surface area contributed by atoms with Crippen molar-refractivity contribution in [2.24, 2.45) is 0 Å². The van der Waals surface area contributed by atoms with E-state index >= 15 is 0 Å². The summed E-state index contributed by atoms with van der Waals surface area (Å²) in [6.07, 6.45) is 4.71. The van der Waals surface area contributed by atoms with E-state index in [4.69, 9.17) is 9.84 Å². The summed E-state index contributed by atoms with van der Waals surface area (Å²) in [5.74, 6) is 6.33. The monoisotopic (exact) mass is 436 g/mol. The van der Waals surface area contributed by atoms with Crippen LogP contribution in [0, 0.1) is 25.7 Å². The lowest BCUT2D eigenvalue weighted by Gasteiger charge is -2.17. The van der Waals surface area contributed by atoms with E-state index in [0.717, 1.165) is 41.7 Å². The maximum atomic E-state index is 10.5. The number of carboxylic acid groups (broad SMARTS) is 1. The smallest absolute Gasteiger partial charge is 0.303 e. The highest BCUT2D eigenvalue weighted by Crippen LogP contribution is 2.22. The van der Waals surface area contributed by atoms with Gasteiger partial charge in [0.15, 0.2) is 0 Å². The summed E-state index contributed by atoms with van der Waals surface area (Å²) in [6, 6.07) is 12.6. The lowest BCUT2D eigenvalue weighted by atomic mass is 9.96. The SMILES string of the molecule is CCC(O)(C#Cc1ccc(Cc2ccc(OCCCCCC(=O)O)c(C)c2)cc1C)CC. The van der Waals surface area contributed by atoms with Gasteiger partial charge in [0.2, 0.25) is 0 Å². The van der Waals surface area contributed by atoms with Crippen molar-refractivity contribution < 1.29 is 19.7 Å². The average molecular weight is 437 g/mol. The van der Waals surface area contributed by atoms with E-state index in [0.29, 0.717) is 25.9 Å². The fraction of sp³-hybridized carbons (Fsp3) is 0.464. The Morgan fingerprint density at radius 2 is 1.62 bits per heavy atom. The molecule has 0 heterocycles. The second kappa shape index (κ2) is 12.3. The Labute approximate surface area is 192 Å². The Bertz CT molecular complexity index is 961. The zero-order chi connectivity index (χ0) is 23.6. The molecule has 2 aromatic rings. The van der Waals surface area contributed by atoms with Gasteiger partial charge >= 0.3 is 5.97 Å². The number of ether oxygens (including phenoxy) is 1. The highest BCUT2D eigenvalue weighted by molar-refractivity contribution is 5.66. The minimum Gasteiger partial charge on any atom is -0.493 e. The molecule has 0 amide bonds. The summed E-state index contributed by atoms with van der Waals surface area (Å²) < 4.78 is 5.87. The molecule has 0 fully saturated rings. The Balaban J connectivity index is 1.95. The molecule has 0 unspecified atom stereocenters. The number of aryl methyl sites for hydroxylation is 2. The van der Waals surface area contributed by atoms with Gasteiger partial charge in [-0.15, -0.1) is 0 Å². The molecule has 0 radical (unpaired) electrons. The quantitative estimate of drug-likeness (QED) is 0.344. The van der Waals surface area contributed by atoms with Gasteiger partial charge in [0, 0.05) is 12.0 Å². The molecule has 2 aromatic carbocycles. The van der Waals surface area contributed by atoms with Gasteiger partial charge in [0.05, 0.1) is 6.61 Å². The van der Waals surface area contributed by atoms with E-state index < -0.39 is 11.6 Å². The van der Waals surface area contributed by atoms with Gasteiger partial charge in [-0.1, -0.05) is 50.0 Å². The van der Waals surface area contributed by atoms with Gasteiger partial charge in [-0.2, -0.15) is 0 Å². The van der Waals surface area contributed by atoms with Crippen LogP contribution >= 0.6 is 0 Å². The number of carboxylic acids is 1. The summed E-state index contributed by atoms with van der Waals surface area (Å²) in [5.41, 5.74) is 4.71. The van der Waals surface area contributed by atoms with E-state index in [1.807, 2.05) is 26.0 Å². The molecule has 4 nitrogen and oxygen atoms in total. The van der Waals surface area contributed by atoms with Crippen LogP contribution < -0.4 is 4.74 Å². The summed E-state index contributed by atoms with van der Waals surface area (Å²) in [7, 11) is 0. The minimum atomic E-state index is -0.912. The van der Waals surface area contributed by atoms with Crippen LogP contribution in [0.3, 0.4) is 0 Å². The molecule has 0 aliphatic rings. The highest BCUT2D eigenvalue weighted by atomic mass is 16.5. The van der Waals surface area contributed by atoms with Crippen LogP contribution in [0.25, 0.3) is 0 Å². The largest absolute Gasteiger partial charge is 0.493 e. The van der Waals surface area contributed by atoms with E-state index in [9.17, 15) is 9.90 Å². The highest BCUT2D eigenvalue weighted by Gasteiger charge is 2.18. The van der Waals surface area contributed by atoms with Crippen molar-refractivity contribution in [3.8, 4) is 17.6 Å². The first-order valence-electron chi connectivity index (χ1n) is 11.6. The third-order valence-corrected chi connectivity index (χ3v) is 5.83. The summed E-state index contributed by atoms with van der Waals surface area (Å²) in [4.78, 5) is 10.5. The minimum absolute atomic E-state index is 0.223. The Morgan fingerprint density at radius 3 is 2.22 bits per heavy atom. The summed E-state index contributed by atoms with van der Waals surface area (Å²) in [5, 5.41) is 19.1. The van der Waals surface area contributed by atoms with Crippen LogP contribution in [0.4, 0.5) is 0 Å². The second-order valence-electron chi connectivity index (χ2n) is 8.47. The molecule has 32 heavy (non-hydrogen) atoms. The summed E-state index contributed by atoms with van der Waals surface area (Å²) in [6.45, 7) is 8.62. The fourth-order valence-corrected chi connectivity index (χ4v) is 3.54. The van der Waals surface area contributed by atoms with E-state index in [1.165, 1.54) is 11.1 Å². The number of benzene rings is 2. The fourth-order valence-electron chi connectivity index (χ4n) is 3.54. The topological polar surface area (TPSA) is 66.8 Å². The number of rotatable bonds is 11. The van der Waals surface area contributed by atoms with Gasteiger partial charge < -0.3 is 14.9 Å². The van der Waals surface area contributed by atoms with Gasteiger partial charge in [0.25, 0.3) is 0 Å². The standard InChI is InChI=1S/C28H36O4/c1-5-28(31,6-2)16-15-25-13-11-23(18-21(25)3)20-24-12-14-26(22(4)19-24)32-17-9-7-8-10-27(29)30/h11-14,18-19,31H,5-10,17,20H2,1-4H3,(H,29,30). The second-order valence-corrected chi connectivity index (χ2v) is 8.47. The van der Waals surface area contributed by atoms with Gasteiger partial charge in [-0.3, -0.25) is 4.79 Å². The van der Waals surface area contributed by atoms with Crippen LogP contribution in [0.1, 0.15) is 80.2 Å². The maximum Gasteiger partial charge on any atom is 0.303 e. The Kier molecular flexibility index (Phi) is 9.81. The van der Waals surface area contributed by atoms with Crippen molar-refractivity contribution in [3.63, 3.8) is 0 Å². The van der Waals surface area contributed by atoms with Crippen LogP contribution in [0.15, 0.2) is 36.4 Å². The first-order chi connectivity index (χ1) is 15.3. The van der Waals surface area contributed by atoms with Gasteiger partial charge in [-0.25, -0.2) is 0 Å². The first-order valence-corrected chi connectivity index (χ1v) is 11.6. The number of hydrogen-bond acceptors (Lipinski definition) is 3. The third kappa shape index (κ3) is 8.05. The van der Waals surface area contributed by atoms with Crippen LogP contribution in [-0.4, -0.2) is 28.4 Å². The van der Waals surface area contributed by atoms with Crippen molar-refractivity contribution in [2.75, 3.05) is 6.61 Å². The van der Waals surface area contributed by atoms with Crippen LogP contribution in [0.5, 0.6) is 5.75 Å². The predicted octanol–water partition coefficient (Wildman–Crippen LogP) is 5.82. The van der Waals surface area contributed by atoms with E-state index in [1.54, 1.807) is 0 Å². The first kappa shape index (κ1) is 25.5. The van der Waals surface area contributed by atoms with E-state index in [-0.39, 0.29) is 6.42 Å². The predicted molar refractivity (Wildman–Crippen MR) is 129 cm³/mol. The zero-order valence-corrected chi connectivity index (χ0v) is 19.8. The molecule has 0 aromatic heterocycles. The molecular weight excluding hydrogens is 400 g/mol. The molecule has 2 N–H and O–H groups in total. The van der Waals surface area contributed by atoms with Crippen molar-refractivity contribution in [1.82, 2.24) is 0 Å². The molecule has 0 aliphatic heterocycles. The number of hydrogen-bond donors (Lipinski definition) is 2. The normalized spacial score (nSPS) is 11.0. The number of aliphatic hydroxyl groups is 1. The van der Waals surface area contributed by atoms with Crippen molar-refractivity contribution in [3.05, 3.63) is 64.2 Å².